The maximum atomic E-state index is 12.3. The van der Waals surface area contributed by atoms with E-state index >= 15 is 0 Å². The van der Waals surface area contributed by atoms with E-state index in [4.69, 9.17) is 0 Å². The molecule has 0 aliphatic carbocycles. The van der Waals surface area contributed by atoms with E-state index in [1.54, 1.807) is 12.3 Å². The van der Waals surface area contributed by atoms with E-state index in [0.717, 1.165) is 22.3 Å². The van der Waals surface area contributed by atoms with Gasteiger partial charge in [0.1, 0.15) is 5.82 Å². The molecule has 0 bridgehead atoms. The van der Waals surface area contributed by atoms with Crippen molar-refractivity contribution in [2.75, 3.05) is 5.32 Å². The number of carbonyl (C=O) groups is 1. The summed E-state index contributed by atoms with van der Waals surface area (Å²) >= 11 is 0. The summed E-state index contributed by atoms with van der Waals surface area (Å²) in [5, 5.41) is 14.1. The number of carbonyl (C=O) groups excluding carboxylic acids is 1. The lowest BCUT2D eigenvalue weighted by atomic mass is 10.2. The van der Waals surface area contributed by atoms with Crippen molar-refractivity contribution in [1.29, 1.82) is 0 Å². The molecule has 6 nitrogen and oxygen atoms in total. The molecule has 6 heteroatoms. The number of amides is 1. The molecule has 1 amide bonds. The van der Waals surface area contributed by atoms with Gasteiger partial charge in [0.25, 0.3) is 5.91 Å². The molecule has 23 heavy (non-hydrogen) atoms. The van der Waals surface area contributed by atoms with E-state index in [2.05, 4.69) is 25.8 Å². The van der Waals surface area contributed by atoms with Gasteiger partial charge in [-0.05, 0) is 51.1 Å². The van der Waals surface area contributed by atoms with E-state index in [1.165, 1.54) is 0 Å². The van der Waals surface area contributed by atoms with Crippen molar-refractivity contribution in [1.82, 2.24) is 20.5 Å². The predicted molar refractivity (Wildman–Crippen MR) is 91.0 cm³/mol. The number of benzene rings is 1. The second-order valence-corrected chi connectivity index (χ2v) is 5.77. The van der Waals surface area contributed by atoms with Crippen LogP contribution in [-0.4, -0.2) is 27.1 Å². The van der Waals surface area contributed by atoms with Crippen molar-refractivity contribution in [3.05, 3.63) is 47.8 Å². The Labute approximate surface area is 134 Å². The first-order chi connectivity index (χ1) is 11.0. The maximum Gasteiger partial charge on any atom is 0.255 e. The van der Waals surface area contributed by atoms with Gasteiger partial charge in [-0.15, -0.1) is 0 Å². The van der Waals surface area contributed by atoms with Gasteiger partial charge in [-0.1, -0.05) is 0 Å². The van der Waals surface area contributed by atoms with Gasteiger partial charge in [-0.3, -0.25) is 9.89 Å². The first-order valence-electron chi connectivity index (χ1n) is 7.51. The second kappa shape index (κ2) is 6.08. The Morgan fingerprint density at radius 3 is 2.83 bits per heavy atom. The quantitative estimate of drug-likeness (QED) is 0.691. The van der Waals surface area contributed by atoms with Crippen molar-refractivity contribution in [3.8, 4) is 0 Å². The minimum absolute atomic E-state index is 0.0676. The van der Waals surface area contributed by atoms with Crippen LogP contribution in [0.15, 0.2) is 36.5 Å². The molecule has 0 radical (unpaired) electrons. The molecule has 0 fully saturated rings. The first kappa shape index (κ1) is 15.0. The predicted octanol–water partition coefficient (Wildman–Crippen LogP) is 3.15. The average molecular weight is 309 g/mol. The number of pyridine rings is 1. The number of anilines is 2. The highest BCUT2D eigenvalue weighted by Gasteiger charge is 2.14. The zero-order chi connectivity index (χ0) is 16.4. The molecule has 0 aliphatic rings. The largest absolute Gasteiger partial charge is 0.350 e. The number of nitrogens with zero attached hydrogens (tertiary/aromatic N) is 2. The Morgan fingerprint density at radius 1 is 1.22 bits per heavy atom. The standard InChI is InChI=1S/C17H19N5O/c1-10(2)19-17(23)14-7-4-11(3)20-16(14)21-13-6-5-12-9-18-22-15(12)8-13/h4-10H,1-3H3,(H,18,22)(H,19,23)(H,20,21). The van der Waals surface area contributed by atoms with Crippen molar-refractivity contribution < 1.29 is 4.79 Å². The zero-order valence-corrected chi connectivity index (χ0v) is 13.3. The normalized spacial score (nSPS) is 11.0. The van der Waals surface area contributed by atoms with Gasteiger partial charge in [-0.25, -0.2) is 4.98 Å². The van der Waals surface area contributed by atoms with Gasteiger partial charge in [0.05, 0.1) is 17.3 Å². The third kappa shape index (κ3) is 3.31. The Kier molecular flexibility index (Phi) is 3.97. The van der Waals surface area contributed by atoms with Crippen LogP contribution in [0.4, 0.5) is 11.5 Å². The Hall–Kier alpha value is -2.89. The highest BCUT2D eigenvalue weighted by atomic mass is 16.1. The number of aryl methyl sites for hydroxylation is 1. The van der Waals surface area contributed by atoms with E-state index in [1.807, 2.05) is 45.0 Å². The van der Waals surface area contributed by atoms with Gasteiger partial charge < -0.3 is 10.6 Å². The lowest BCUT2D eigenvalue weighted by Crippen LogP contribution is -2.30. The summed E-state index contributed by atoms with van der Waals surface area (Å²) in [6, 6.07) is 9.53. The summed E-state index contributed by atoms with van der Waals surface area (Å²) in [5.74, 6) is 0.402. The fourth-order valence-corrected chi connectivity index (χ4v) is 2.33. The monoisotopic (exact) mass is 309 g/mol. The van der Waals surface area contributed by atoms with Crippen molar-refractivity contribution >= 4 is 28.3 Å². The summed E-state index contributed by atoms with van der Waals surface area (Å²) in [7, 11) is 0. The molecule has 2 aromatic heterocycles. The molecule has 0 saturated carbocycles. The molecule has 0 unspecified atom stereocenters. The molecule has 3 rings (SSSR count). The van der Waals surface area contributed by atoms with Crippen LogP contribution in [0, 0.1) is 6.92 Å². The van der Waals surface area contributed by atoms with Crippen LogP contribution in [0.5, 0.6) is 0 Å². The number of aromatic amines is 1. The average Bonchev–Trinajstić information content (AvgIpc) is 2.94. The number of hydrogen-bond acceptors (Lipinski definition) is 4. The minimum atomic E-state index is -0.141. The lowest BCUT2D eigenvalue weighted by Gasteiger charge is -2.13. The molecular weight excluding hydrogens is 290 g/mol. The maximum absolute atomic E-state index is 12.3. The molecular formula is C17H19N5O. The molecule has 0 atom stereocenters. The zero-order valence-electron chi connectivity index (χ0n) is 13.3. The smallest absolute Gasteiger partial charge is 0.255 e. The summed E-state index contributed by atoms with van der Waals surface area (Å²) in [6.45, 7) is 5.75. The number of nitrogens with one attached hydrogen (secondary N) is 3. The Morgan fingerprint density at radius 2 is 2.04 bits per heavy atom. The third-order valence-corrected chi connectivity index (χ3v) is 3.40. The SMILES string of the molecule is Cc1ccc(C(=O)NC(C)C)c(Nc2ccc3cn[nH]c3c2)n1. The van der Waals surface area contributed by atoms with Crippen LogP contribution in [0.2, 0.25) is 0 Å². The summed E-state index contributed by atoms with van der Waals surface area (Å²) in [4.78, 5) is 16.8. The molecule has 1 aromatic carbocycles. The third-order valence-electron chi connectivity index (χ3n) is 3.40. The Bertz CT molecular complexity index is 853. The summed E-state index contributed by atoms with van der Waals surface area (Å²) < 4.78 is 0. The minimum Gasteiger partial charge on any atom is -0.350 e. The van der Waals surface area contributed by atoms with Crippen LogP contribution >= 0.6 is 0 Å². The molecule has 2 heterocycles. The second-order valence-electron chi connectivity index (χ2n) is 5.77. The molecule has 3 aromatic rings. The number of H-pyrrole nitrogens is 1. The van der Waals surface area contributed by atoms with Crippen molar-refractivity contribution in [3.63, 3.8) is 0 Å². The fourth-order valence-electron chi connectivity index (χ4n) is 2.33. The van der Waals surface area contributed by atoms with Gasteiger partial charge in [-0.2, -0.15) is 5.10 Å². The van der Waals surface area contributed by atoms with E-state index < -0.39 is 0 Å². The van der Waals surface area contributed by atoms with Crippen LogP contribution < -0.4 is 10.6 Å². The van der Waals surface area contributed by atoms with Gasteiger partial charge in [0, 0.05) is 22.8 Å². The Balaban J connectivity index is 1.94. The van der Waals surface area contributed by atoms with Crippen LogP contribution in [0.3, 0.4) is 0 Å². The van der Waals surface area contributed by atoms with Crippen LogP contribution in [0.1, 0.15) is 29.9 Å². The van der Waals surface area contributed by atoms with Gasteiger partial charge in [0.2, 0.25) is 0 Å². The molecule has 3 N–H and O–H groups in total. The van der Waals surface area contributed by atoms with E-state index in [9.17, 15) is 4.79 Å². The molecule has 0 spiro atoms. The van der Waals surface area contributed by atoms with Crippen molar-refractivity contribution in [2.45, 2.75) is 26.8 Å². The topological polar surface area (TPSA) is 82.7 Å². The summed E-state index contributed by atoms with van der Waals surface area (Å²) in [5.41, 5.74) is 3.14. The van der Waals surface area contributed by atoms with Crippen LogP contribution in [0.25, 0.3) is 10.9 Å². The van der Waals surface area contributed by atoms with E-state index in [-0.39, 0.29) is 11.9 Å². The molecule has 0 saturated heterocycles. The number of rotatable bonds is 4. The van der Waals surface area contributed by atoms with Gasteiger partial charge in [0.15, 0.2) is 0 Å². The number of hydrogen-bond donors (Lipinski definition) is 3. The van der Waals surface area contributed by atoms with E-state index in [0.29, 0.717) is 11.4 Å². The molecule has 118 valence electrons. The number of fused-ring (bicyclic) bond motifs is 1. The highest BCUT2D eigenvalue weighted by molar-refractivity contribution is 5.99. The fraction of sp³-hybridized carbons (Fsp3) is 0.235. The summed E-state index contributed by atoms with van der Waals surface area (Å²) in [6.07, 6.45) is 1.77. The lowest BCUT2D eigenvalue weighted by molar-refractivity contribution is 0.0943. The van der Waals surface area contributed by atoms with Gasteiger partial charge >= 0.3 is 0 Å². The van der Waals surface area contributed by atoms with Crippen LogP contribution in [-0.2, 0) is 0 Å². The highest BCUT2D eigenvalue weighted by Crippen LogP contribution is 2.22. The van der Waals surface area contributed by atoms with Crippen molar-refractivity contribution in [2.24, 2.45) is 0 Å². The number of aromatic nitrogens is 3. The first-order valence-corrected chi connectivity index (χ1v) is 7.51. The molecule has 0 aliphatic heterocycles.